The molecule has 0 bridgehead atoms. The first-order chi connectivity index (χ1) is 5.04. The number of rotatable bonds is 5. The third kappa shape index (κ3) is 4.43. The van der Waals surface area contributed by atoms with Crippen LogP contribution in [-0.2, 0) is 9.47 Å². The van der Waals surface area contributed by atoms with Crippen LogP contribution in [-0.4, -0.2) is 33.3 Å². The van der Waals surface area contributed by atoms with Crippen LogP contribution in [0.25, 0.3) is 0 Å². The summed E-state index contributed by atoms with van der Waals surface area (Å²) in [6, 6.07) is 0. The molecule has 0 saturated carbocycles. The van der Waals surface area contributed by atoms with Gasteiger partial charge in [-0.15, -0.1) is 0 Å². The molecule has 2 nitrogen and oxygen atoms in total. The van der Waals surface area contributed by atoms with E-state index in [1.807, 2.05) is 13.8 Å². The quantitative estimate of drug-likeness (QED) is 0.552. The van der Waals surface area contributed by atoms with E-state index in [-0.39, 0.29) is 11.7 Å². The molecule has 0 amide bonds. The van der Waals surface area contributed by atoms with Gasteiger partial charge in [0.15, 0.2) is 0 Å². The van der Waals surface area contributed by atoms with Crippen LogP contribution in [0.5, 0.6) is 0 Å². The van der Waals surface area contributed by atoms with E-state index in [0.717, 1.165) is 6.32 Å². The van der Waals surface area contributed by atoms with Gasteiger partial charge in [0.2, 0.25) is 0 Å². The Bertz CT molecular complexity index is 106. The fourth-order valence-corrected chi connectivity index (χ4v) is 1.09. The lowest BCUT2D eigenvalue weighted by molar-refractivity contribution is -0.0922. The fraction of sp³-hybridized carbons (Fsp3) is 1.00. The molecule has 0 aromatic heterocycles. The molecule has 3 heteroatoms. The van der Waals surface area contributed by atoms with Gasteiger partial charge in [0.1, 0.15) is 7.85 Å². The highest BCUT2D eigenvalue weighted by Gasteiger charge is 2.23. The Morgan fingerprint density at radius 3 is 2.27 bits per heavy atom. The molecule has 0 aromatic rings. The predicted octanol–water partition coefficient (Wildman–Crippen LogP) is 0.868. The number of hydrogen-bond donors (Lipinski definition) is 0. The van der Waals surface area contributed by atoms with Gasteiger partial charge < -0.3 is 9.47 Å². The smallest absolute Gasteiger partial charge is 0.105 e. The van der Waals surface area contributed by atoms with E-state index in [9.17, 15) is 0 Å². The minimum Gasteiger partial charge on any atom is -0.382 e. The Hall–Kier alpha value is -0.0151. The Morgan fingerprint density at radius 1 is 1.45 bits per heavy atom. The third-order valence-corrected chi connectivity index (χ3v) is 1.72. The molecule has 11 heavy (non-hydrogen) atoms. The van der Waals surface area contributed by atoms with Crippen LogP contribution in [0.15, 0.2) is 0 Å². The van der Waals surface area contributed by atoms with Crippen LogP contribution in [0.4, 0.5) is 0 Å². The van der Waals surface area contributed by atoms with Crippen molar-refractivity contribution in [2.24, 2.45) is 0 Å². The van der Waals surface area contributed by atoms with Crippen LogP contribution in [0.3, 0.4) is 0 Å². The summed E-state index contributed by atoms with van der Waals surface area (Å²) in [4.78, 5) is 0. The van der Waals surface area contributed by atoms with Gasteiger partial charge in [-0.1, -0.05) is 6.32 Å². The molecule has 0 spiro atoms. The minimum atomic E-state index is -0.108. The molecule has 0 fully saturated rings. The van der Waals surface area contributed by atoms with Crippen LogP contribution >= 0.6 is 0 Å². The topological polar surface area (TPSA) is 18.5 Å². The highest BCUT2D eigenvalue weighted by atomic mass is 16.5. The van der Waals surface area contributed by atoms with Gasteiger partial charge in [-0.2, -0.15) is 0 Å². The van der Waals surface area contributed by atoms with Crippen LogP contribution < -0.4 is 0 Å². The molecular weight excluding hydrogens is 139 g/mol. The van der Waals surface area contributed by atoms with E-state index < -0.39 is 0 Å². The molecule has 0 aliphatic carbocycles. The summed E-state index contributed by atoms with van der Waals surface area (Å²) < 4.78 is 10.8. The van der Waals surface area contributed by atoms with Crippen LogP contribution in [0.2, 0.25) is 6.32 Å². The van der Waals surface area contributed by atoms with Crippen molar-refractivity contribution in [1.82, 2.24) is 0 Å². The van der Waals surface area contributed by atoms with Gasteiger partial charge in [0, 0.05) is 7.11 Å². The molecule has 0 saturated heterocycles. The Balaban J connectivity index is 3.87. The minimum absolute atomic E-state index is 0.108. The van der Waals surface area contributed by atoms with Crippen molar-refractivity contribution in [2.45, 2.75) is 38.8 Å². The molecular formula is C8H19BO2. The Kier molecular flexibility index (Phi) is 4.77. The molecule has 66 valence electrons. The first-order valence-electron chi connectivity index (χ1n) is 4.21. The summed E-state index contributed by atoms with van der Waals surface area (Å²) in [5, 5.41) is 0. The first kappa shape index (κ1) is 11.0. The second kappa shape index (κ2) is 4.78. The molecule has 0 unspecified atom stereocenters. The lowest BCUT2D eigenvalue weighted by Crippen LogP contribution is -2.36. The maximum absolute atomic E-state index is 5.70. The standard InChI is InChI=1S/C8H19BO2/c1-7(2)11-8(3,5-9)6-10-4/h7H,5-6,9H2,1-4H3/t8-/m1/s1. The second-order valence-electron chi connectivity index (χ2n) is 3.40. The summed E-state index contributed by atoms with van der Waals surface area (Å²) >= 11 is 0. The number of ether oxygens (including phenoxy) is 2. The van der Waals surface area contributed by atoms with E-state index >= 15 is 0 Å². The van der Waals surface area contributed by atoms with Crippen molar-refractivity contribution >= 4 is 7.85 Å². The maximum atomic E-state index is 5.70. The molecule has 0 N–H and O–H groups in total. The zero-order valence-electron chi connectivity index (χ0n) is 8.31. The molecule has 1 atom stereocenters. The van der Waals surface area contributed by atoms with E-state index in [1.54, 1.807) is 7.11 Å². The summed E-state index contributed by atoms with van der Waals surface area (Å²) in [7, 11) is 3.82. The van der Waals surface area contributed by atoms with Gasteiger partial charge in [0.25, 0.3) is 0 Å². The van der Waals surface area contributed by atoms with Crippen molar-refractivity contribution in [1.29, 1.82) is 0 Å². The molecule has 0 aliphatic heterocycles. The normalized spacial score (nSPS) is 16.8. The average molecular weight is 158 g/mol. The lowest BCUT2D eigenvalue weighted by Gasteiger charge is -2.30. The largest absolute Gasteiger partial charge is 0.382 e. The SMILES string of the molecule is BC[C@](C)(COC)OC(C)C. The van der Waals surface area contributed by atoms with E-state index in [1.165, 1.54) is 0 Å². The van der Waals surface area contributed by atoms with Gasteiger partial charge in [-0.3, -0.25) is 0 Å². The fourth-order valence-electron chi connectivity index (χ4n) is 1.09. The summed E-state index contributed by atoms with van der Waals surface area (Å²) in [6.07, 6.45) is 1.26. The molecule has 0 rings (SSSR count). The molecule has 0 aromatic carbocycles. The van der Waals surface area contributed by atoms with Crippen LogP contribution in [0, 0.1) is 0 Å². The van der Waals surface area contributed by atoms with Crippen LogP contribution in [0.1, 0.15) is 20.8 Å². The third-order valence-electron chi connectivity index (χ3n) is 1.72. The molecule has 0 radical (unpaired) electrons. The van der Waals surface area contributed by atoms with Crippen molar-refractivity contribution in [3.8, 4) is 0 Å². The van der Waals surface area contributed by atoms with Gasteiger partial charge in [0.05, 0.1) is 18.3 Å². The maximum Gasteiger partial charge on any atom is 0.105 e. The van der Waals surface area contributed by atoms with Crippen molar-refractivity contribution in [2.75, 3.05) is 13.7 Å². The van der Waals surface area contributed by atoms with E-state index in [4.69, 9.17) is 9.47 Å². The lowest BCUT2D eigenvalue weighted by atomic mass is 9.89. The first-order valence-corrected chi connectivity index (χ1v) is 4.21. The second-order valence-corrected chi connectivity index (χ2v) is 3.40. The zero-order valence-corrected chi connectivity index (χ0v) is 8.31. The van der Waals surface area contributed by atoms with E-state index in [2.05, 4.69) is 14.8 Å². The van der Waals surface area contributed by atoms with E-state index in [0.29, 0.717) is 6.61 Å². The number of methoxy groups -OCH3 is 1. The summed E-state index contributed by atoms with van der Waals surface area (Å²) in [6.45, 7) is 6.84. The Morgan fingerprint density at radius 2 is 2.00 bits per heavy atom. The Labute approximate surface area is 70.7 Å². The summed E-state index contributed by atoms with van der Waals surface area (Å²) in [5.41, 5.74) is -0.108. The monoisotopic (exact) mass is 158 g/mol. The zero-order chi connectivity index (χ0) is 8.91. The molecule has 0 heterocycles. The van der Waals surface area contributed by atoms with Crippen molar-refractivity contribution < 1.29 is 9.47 Å². The highest BCUT2D eigenvalue weighted by Crippen LogP contribution is 2.16. The van der Waals surface area contributed by atoms with Gasteiger partial charge in [-0.25, -0.2) is 0 Å². The number of hydrogen-bond acceptors (Lipinski definition) is 2. The molecule has 0 aliphatic rings. The predicted molar refractivity (Wildman–Crippen MR) is 49.9 cm³/mol. The van der Waals surface area contributed by atoms with Crippen molar-refractivity contribution in [3.63, 3.8) is 0 Å². The van der Waals surface area contributed by atoms with Gasteiger partial charge in [-0.05, 0) is 20.8 Å². The van der Waals surface area contributed by atoms with Crippen molar-refractivity contribution in [3.05, 3.63) is 0 Å². The average Bonchev–Trinajstić information content (AvgIpc) is 1.87. The highest BCUT2D eigenvalue weighted by molar-refractivity contribution is 6.09. The summed E-state index contributed by atoms with van der Waals surface area (Å²) in [5.74, 6) is 0. The van der Waals surface area contributed by atoms with Gasteiger partial charge >= 0.3 is 0 Å².